The summed E-state index contributed by atoms with van der Waals surface area (Å²) < 4.78 is 1.55. The molecule has 4 nitrogen and oxygen atoms in total. The van der Waals surface area contributed by atoms with Gasteiger partial charge in [0.1, 0.15) is 0 Å². The van der Waals surface area contributed by atoms with Crippen molar-refractivity contribution in [2.75, 3.05) is 0 Å². The number of carboxylic acid groups (broad SMARTS) is 1. The van der Waals surface area contributed by atoms with Gasteiger partial charge in [-0.05, 0) is 28.8 Å². The predicted octanol–water partition coefficient (Wildman–Crippen LogP) is 2.30. The fraction of sp³-hybridized carbons (Fsp3) is 0.500. The molecule has 0 amide bonds. The number of carbonyl (C=O) groups is 1. The lowest BCUT2D eigenvalue weighted by Gasteiger charge is -2.01. The monoisotopic (exact) mass is 246 g/mol. The summed E-state index contributed by atoms with van der Waals surface area (Å²) in [6, 6.07) is 0. The molecule has 13 heavy (non-hydrogen) atoms. The van der Waals surface area contributed by atoms with E-state index in [2.05, 4.69) is 20.9 Å². The van der Waals surface area contributed by atoms with Crippen LogP contribution < -0.4 is 0 Å². The van der Waals surface area contributed by atoms with Gasteiger partial charge in [-0.1, -0.05) is 13.8 Å². The summed E-state index contributed by atoms with van der Waals surface area (Å²) in [4.78, 5) is 14.9. The maximum Gasteiger partial charge on any atom is 0.417 e. The molecular weight excluding hydrogens is 236 g/mol. The van der Waals surface area contributed by atoms with Crippen molar-refractivity contribution in [3.05, 3.63) is 16.1 Å². The smallest absolute Gasteiger partial charge is 0.417 e. The second kappa shape index (κ2) is 3.91. The fourth-order valence-electron chi connectivity index (χ4n) is 1.31. The van der Waals surface area contributed by atoms with Crippen LogP contribution in [0.25, 0.3) is 0 Å². The van der Waals surface area contributed by atoms with Crippen molar-refractivity contribution in [2.45, 2.75) is 26.7 Å². The van der Waals surface area contributed by atoms with Crippen molar-refractivity contribution in [3.8, 4) is 0 Å². The SMILES string of the molecule is CCc1nc(Br)n(C(=O)O)c1CC. The van der Waals surface area contributed by atoms with Crippen molar-refractivity contribution in [3.63, 3.8) is 0 Å². The van der Waals surface area contributed by atoms with E-state index < -0.39 is 6.09 Å². The summed E-state index contributed by atoms with van der Waals surface area (Å²) in [6.07, 6.45) is 0.437. The van der Waals surface area contributed by atoms with Gasteiger partial charge in [0.25, 0.3) is 0 Å². The molecule has 72 valence electrons. The number of rotatable bonds is 2. The highest BCUT2D eigenvalue weighted by molar-refractivity contribution is 9.10. The molecule has 5 heteroatoms. The van der Waals surface area contributed by atoms with E-state index in [0.717, 1.165) is 17.8 Å². The highest BCUT2D eigenvalue weighted by Gasteiger charge is 2.16. The number of hydrogen-bond donors (Lipinski definition) is 1. The second-order valence-electron chi connectivity index (χ2n) is 2.60. The number of aryl methyl sites for hydroxylation is 1. The average molecular weight is 247 g/mol. The van der Waals surface area contributed by atoms with Crippen LogP contribution >= 0.6 is 15.9 Å². The Labute approximate surface area is 84.7 Å². The van der Waals surface area contributed by atoms with Gasteiger partial charge in [0, 0.05) is 0 Å². The molecule has 0 unspecified atom stereocenters. The summed E-state index contributed by atoms with van der Waals surface area (Å²) in [6.45, 7) is 3.88. The van der Waals surface area contributed by atoms with E-state index >= 15 is 0 Å². The Morgan fingerprint density at radius 1 is 1.54 bits per heavy atom. The van der Waals surface area contributed by atoms with Crippen molar-refractivity contribution in [1.29, 1.82) is 0 Å². The number of hydrogen-bond acceptors (Lipinski definition) is 2. The van der Waals surface area contributed by atoms with Crippen LogP contribution in [0.1, 0.15) is 25.2 Å². The average Bonchev–Trinajstić information content (AvgIpc) is 2.41. The first kappa shape index (κ1) is 10.2. The van der Waals surface area contributed by atoms with Gasteiger partial charge in [0.15, 0.2) is 4.73 Å². The third-order valence-corrected chi connectivity index (χ3v) is 2.41. The van der Waals surface area contributed by atoms with Crippen LogP contribution in [0.2, 0.25) is 0 Å². The topological polar surface area (TPSA) is 55.1 Å². The summed E-state index contributed by atoms with van der Waals surface area (Å²) in [5.74, 6) is 0. The number of nitrogens with zero attached hydrogens (tertiary/aromatic N) is 2. The maximum atomic E-state index is 10.8. The van der Waals surface area contributed by atoms with Crippen LogP contribution in [0.3, 0.4) is 0 Å². The number of aromatic nitrogens is 2. The van der Waals surface area contributed by atoms with Gasteiger partial charge in [-0.15, -0.1) is 0 Å². The molecule has 0 saturated heterocycles. The summed E-state index contributed by atoms with van der Waals surface area (Å²) in [7, 11) is 0. The fourth-order valence-corrected chi connectivity index (χ4v) is 1.89. The van der Waals surface area contributed by atoms with Crippen LogP contribution in [-0.2, 0) is 12.8 Å². The zero-order chi connectivity index (χ0) is 10.0. The van der Waals surface area contributed by atoms with Crippen LogP contribution in [0.15, 0.2) is 4.73 Å². The van der Waals surface area contributed by atoms with Crippen molar-refractivity contribution in [1.82, 2.24) is 9.55 Å². The van der Waals surface area contributed by atoms with E-state index in [1.165, 1.54) is 4.57 Å². The molecule has 0 aliphatic carbocycles. The van der Waals surface area contributed by atoms with E-state index in [1.54, 1.807) is 0 Å². The van der Waals surface area contributed by atoms with Crippen molar-refractivity contribution < 1.29 is 9.90 Å². The molecule has 0 saturated carbocycles. The molecule has 1 heterocycles. The minimum Gasteiger partial charge on any atom is -0.464 e. The molecule has 0 fully saturated rings. The van der Waals surface area contributed by atoms with E-state index in [4.69, 9.17) is 5.11 Å². The van der Waals surface area contributed by atoms with Crippen LogP contribution in [0, 0.1) is 0 Å². The number of halogens is 1. The first-order valence-corrected chi connectivity index (χ1v) is 4.90. The molecular formula is C8H11BrN2O2. The number of imidazole rings is 1. The summed E-state index contributed by atoms with van der Waals surface area (Å²) in [5, 5.41) is 8.88. The van der Waals surface area contributed by atoms with E-state index in [9.17, 15) is 4.79 Å². The van der Waals surface area contributed by atoms with Crippen molar-refractivity contribution >= 4 is 22.0 Å². The Balaban J connectivity index is 3.31. The lowest BCUT2D eigenvalue weighted by atomic mass is 10.2. The normalized spacial score (nSPS) is 10.4. The Bertz CT molecular complexity index is 333. The van der Waals surface area contributed by atoms with Gasteiger partial charge in [0.05, 0.1) is 11.4 Å². The van der Waals surface area contributed by atoms with Gasteiger partial charge >= 0.3 is 6.09 Å². The minimum atomic E-state index is -0.990. The highest BCUT2D eigenvalue weighted by atomic mass is 79.9. The molecule has 1 aromatic heterocycles. The highest BCUT2D eigenvalue weighted by Crippen LogP contribution is 2.17. The zero-order valence-electron chi connectivity index (χ0n) is 7.54. The Morgan fingerprint density at radius 3 is 2.54 bits per heavy atom. The molecule has 1 N–H and O–H groups in total. The Morgan fingerprint density at radius 2 is 2.15 bits per heavy atom. The lowest BCUT2D eigenvalue weighted by molar-refractivity contribution is 0.195. The van der Waals surface area contributed by atoms with Crippen LogP contribution in [-0.4, -0.2) is 20.8 Å². The minimum absolute atomic E-state index is 0.369. The first-order chi connectivity index (χ1) is 6.11. The standard InChI is InChI=1S/C8H11BrN2O2/c1-3-5-6(4-2)11(8(12)13)7(9)10-5/h3-4H2,1-2H3,(H,12,13). The summed E-state index contributed by atoms with van der Waals surface area (Å²) in [5.41, 5.74) is 1.61. The molecule has 0 aliphatic rings. The zero-order valence-corrected chi connectivity index (χ0v) is 9.13. The van der Waals surface area contributed by atoms with E-state index in [1.807, 2.05) is 13.8 Å². The van der Waals surface area contributed by atoms with E-state index in [0.29, 0.717) is 11.2 Å². The summed E-state index contributed by atoms with van der Waals surface area (Å²) >= 11 is 3.12. The van der Waals surface area contributed by atoms with Crippen LogP contribution in [0.4, 0.5) is 4.79 Å². The van der Waals surface area contributed by atoms with Crippen LogP contribution in [0.5, 0.6) is 0 Å². The van der Waals surface area contributed by atoms with Gasteiger partial charge in [-0.3, -0.25) is 0 Å². The molecule has 0 aliphatic heterocycles. The predicted molar refractivity (Wildman–Crippen MR) is 52.1 cm³/mol. The van der Waals surface area contributed by atoms with E-state index in [-0.39, 0.29) is 0 Å². The van der Waals surface area contributed by atoms with Gasteiger partial charge in [-0.25, -0.2) is 14.3 Å². The third kappa shape index (κ3) is 1.75. The van der Waals surface area contributed by atoms with Gasteiger partial charge in [-0.2, -0.15) is 0 Å². The third-order valence-electron chi connectivity index (χ3n) is 1.88. The van der Waals surface area contributed by atoms with Crippen molar-refractivity contribution in [2.24, 2.45) is 0 Å². The molecule has 0 spiro atoms. The quantitative estimate of drug-likeness (QED) is 0.872. The molecule has 1 rings (SSSR count). The lowest BCUT2D eigenvalue weighted by Crippen LogP contribution is -2.12. The second-order valence-corrected chi connectivity index (χ2v) is 3.31. The van der Waals surface area contributed by atoms with Gasteiger partial charge < -0.3 is 5.11 Å². The maximum absolute atomic E-state index is 10.8. The molecule has 0 aromatic carbocycles. The Hall–Kier alpha value is -0.840. The Kier molecular flexibility index (Phi) is 3.08. The molecule has 0 atom stereocenters. The first-order valence-electron chi connectivity index (χ1n) is 4.11. The molecule has 0 bridgehead atoms. The largest absolute Gasteiger partial charge is 0.464 e. The molecule has 0 radical (unpaired) electrons. The van der Waals surface area contributed by atoms with Gasteiger partial charge in [0.2, 0.25) is 0 Å². The molecule has 1 aromatic rings.